The molecule has 1 aliphatic rings. The minimum Gasteiger partial charge on any atom is -0.351 e. The van der Waals surface area contributed by atoms with Crippen LogP contribution in [0.4, 0.5) is 0 Å². The van der Waals surface area contributed by atoms with Crippen molar-refractivity contribution >= 4 is 16.1 Å². The van der Waals surface area contributed by atoms with Crippen molar-refractivity contribution in [2.45, 2.75) is 5.92 Å². The highest BCUT2D eigenvalue weighted by Gasteiger charge is 2.26. The summed E-state index contributed by atoms with van der Waals surface area (Å²) in [6.45, 7) is 0.698. The van der Waals surface area contributed by atoms with Crippen LogP contribution in [0.2, 0.25) is 0 Å². The lowest BCUT2D eigenvalue weighted by atomic mass is 9.91. The lowest BCUT2D eigenvalue weighted by Gasteiger charge is -2.26. The van der Waals surface area contributed by atoms with Crippen molar-refractivity contribution in [3.8, 4) is 0 Å². The van der Waals surface area contributed by atoms with Gasteiger partial charge in [-0.1, -0.05) is 18.2 Å². The maximum atomic E-state index is 11.7. The molecule has 2 N–H and O–H groups in total. The molecule has 0 aliphatic carbocycles. The van der Waals surface area contributed by atoms with Gasteiger partial charge in [0.05, 0.1) is 0 Å². The Kier molecular flexibility index (Phi) is 3.88. The number of hydrogen-bond donors (Lipinski definition) is 2. The second-order valence-electron chi connectivity index (χ2n) is 4.63. The number of fused-ring (bicyclic) bond motifs is 1. The van der Waals surface area contributed by atoms with Gasteiger partial charge in [0.1, 0.15) is 0 Å². The molecule has 1 aliphatic heterocycles. The number of nitrogens with zero attached hydrogens (tertiary/aromatic N) is 1. The van der Waals surface area contributed by atoms with Gasteiger partial charge in [-0.2, -0.15) is 12.7 Å². The van der Waals surface area contributed by atoms with E-state index in [1.807, 2.05) is 12.1 Å². The zero-order chi connectivity index (χ0) is 14.0. The molecule has 0 radical (unpaired) electrons. The summed E-state index contributed by atoms with van der Waals surface area (Å²) in [5, 5.41) is 2.77. The molecule has 0 saturated heterocycles. The fourth-order valence-electron chi connectivity index (χ4n) is 2.00. The van der Waals surface area contributed by atoms with Gasteiger partial charge in [0.25, 0.3) is 16.1 Å². The summed E-state index contributed by atoms with van der Waals surface area (Å²) in [6.07, 6.45) is 0. The third-order valence-electron chi connectivity index (χ3n) is 3.15. The molecule has 1 amide bonds. The molecule has 2 rings (SSSR count). The van der Waals surface area contributed by atoms with E-state index in [2.05, 4.69) is 10.0 Å². The molecule has 0 spiro atoms. The van der Waals surface area contributed by atoms with Gasteiger partial charge in [0, 0.05) is 38.7 Å². The molecule has 0 aromatic heterocycles. The van der Waals surface area contributed by atoms with E-state index < -0.39 is 10.2 Å². The second-order valence-corrected chi connectivity index (χ2v) is 6.60. The number of amides is 1. The molecule has 1 heterocycles. The van der Waals surface area contributed by atoms with Crippen LogP contribution < -0.4 is 10.0 Å². The number of benzene rings is 1. The summed E-state index contributed by atoms with van der Waals surface area (Å²) in [4.78, 5) is 11.7. The summed E-state index contributed by atoms with van der Waals surface area (Å²) >= 11 is 0. The zero-order valence-corrected chi connectivity index (χ0v) is 11.7. The first-order valence-corrected chi connectivity index (χ1v) is 7.40. The molecule has 6 nitrogen and oxygen atoms in total. The molecule has 1 aromatic carbocycles. The Labute approximate surface area is 113 Å². The molecule has 0 saturated carbocycles. The molecule has 7 heteroatoms. The van der Waals surface area contributed by atoms with E-state index in [1.54, 1.807) is 12.1 Å². The smallest absolute Gasteiger partial charge is 0.278 e. The van der Waals surface area contributed by atoms with Crippen molar-refractivity contribution in [3.63, 3.8) is 0 Å². The Morgan fingerprint density at radius 1 is 1.37 bits per heavy atom. The average Bonchev–Trinajstić information content (AvgIpc) is 2.38. The zero-order valence-electron chi connectivity index (χ0n) is 10.9. The number of hydrogen-bond acceptors (Lipinski definition) is 3. The fraction of sp³-hybridized carbons (Fsp3) is 0.417. The van der Waals surface area contributed by atoms with E-state index in [-0.39, 0.29) is 18.4 Å². The van der Waals surface area contributed by atoms with Crippen LogP contribution in [0.25, 0.3) is 0 Å². The molecule has 19 heavy (non-hydrogen) atoms. The Balaban J connectivity index is 2.16. The normalized spacial score (nSPS) is 19.1. The first-order valence-electron chi connectivity index (χ1n) is 5.96. The Morgan fingerprint density at radius 3 is 2.74 bits per heavy atom. The topological polar surface area (TPSA) is 78.5 Å². The molecule has 0 fully saturated rings. The van der Waals surface area contributed by atoms with E-state index >= 15 is 0 Å². The maximum absolute atomic E-state index is 11.7. The number of rotatable bonds is 4. The van der Waals surface area contributed by atoms with E-state index in [4.69, 9.17) is 0 Å². The quantitative estimate of drug-likeness (QED) is 0.810. The van der Waals surface area contributed by atoms with Crippen LogP contribution in [0.1, 0.15) is 21.8 Å². The molecular weight excluding hydrogens is 266 g/mol. The lowest BCUT2D eigenvalue weighted by Crippen LogP contribution is -2.43. The van der Waals surface area contributed by atoms with Gasteiger partial charge >= 0.3 is 0 Å². The largest absolute Gasteiger partial charge is 0.351 e. The average molecular weight is 283 g/mol. The van der Waals surface area contributed by atoms with Crippen LogP contribution in [0, 0.1) is 0 Å². The Morgan fingerprint density at radius 2 is 2.05 bits per heavy atom. The third kappa shape index (κ3) is 2.94. The van der Waals surface area contributed by atoms with Crippen LogP contribution in [0.15, 0.2) is 24.3 Å². The van der Waals surface area contributed by atoms with Crippen molar-refractivity contribution in [3.05, 3.63) is 35.4 Å². The van der Waals surface area contributed by atoms with E-state index in [9.17, 15) is 13.2 Å². The van der Waals surface area contributed by atoms with Gasteiger partial charge in [-0.15, -0.1) is 0 Å². The van der Waals surface area contributed by atoms with Gasteiger partial charge in [0.2, 0.25) is 0 Å². The van der Waals surface area contributed by atoms with Gasteiger partial charge in [-0.25, -0.2) is 4.72 Å². The van der Waals surface area contributed by atoms with Gasteiger partial charge in [-0.05, 0) is 11.6 Å². The third-order valence-corrected chi connectivity index (χ3v) is 4.64. The van der Waals surface area contributed by atoms with Crippen molar-refractivity contribution < 1.29 is 13.2 Å². The molecular formula is C12H17N3O3S. The minimum atomic E-state index is -3.44. The lowest BCUT2D eigenvalue weighted by molar-refractivity contribution is 0.0940. The van der Waals surface area contributed by atoms with E-state index in [0.29, 0.717) is 12.1 Å². The standard InChI is InChI=1S/C12H17N3O3S/c1-15(2)19(17,18)14-8-9-7-13-12(16)11-6-4-3-5-10(9)11/h3-6,9,14H,7-8H2,1-2H3,(H,13,16). The predicted octanol–water partition coefficient (Wildman–Crippen LogP) is -0.0904. The van der Waals surface area contributed by atoms with Crippen LogP contribution in [0.5, 0.6) is 0 Å². The fourth-order valence-corrected chi connectivity index (χ4v) is 2.67. The maximum Gasteiger partial charge on any atom is 0.278 e. The molecule has 0 bridgehead atoms. The predicted molar refractivity (Wildman–Crippen MR) is 72.1 cm³/mol. The van der Waals surface area contributed by atoms with Crippen LogP contribution in [-0.4, -0.2) is 45.8 Å². The van der Waals surface area contributed by atoms with Crippen LogP contribution in [-0.2, 0) is 10.2 Å². The van der Waals surface area contributed by atoms with Crippen molar-refractivity contribution in [1.82, 2.24) is 14.3 Å². The molecule has 1 aromatic rings. The number of nitrogens with one attached hydrogen (secondary N) is 2. The summed E-state index contributed by atoms with van der Waals surface area (Å²) in [6, 6.07) is 7.26. The number of carbonyl (C=O) groups is 1. The Hall–Kier alpha value is -1.44. The number of carbonyl (C=O) groups excluding carboxylic acids is 1. The summed E-state index contributed by atoms with van der Waals surface area (Å²) in [5.41, 5.74) is 1.50. The monoisotopic (exact) mass is 283 g/mol. The van der Waals surface area contributed by atoms with Crippen molar-refractivity contribution in [2.75, 3.05) is 27.2 Å². The van der Waals surface area contributed by atoms with Crippen LogP contribution in [0.3, 0.4) is 0 Å². The highest BCUT2D eigenvalue weighted by molar-refractivity contribution is 7.87. The summed E-state index contributed by atoms with van der Waals surface area (Å²) < 4.78 is 27.0. The SMILES string of the molecule is CN(C)S(=O)(=O)NCC1CNC(=O)c2ccccc21. The summed E-state index contributed by atoms with van der Waals surface area (Å²) in [7, 11) is -0.501. The van der Waals surface area contributed by atoms with Crippen molar-refractivity contribution in [1.29, 1.82) is 0 Å². The van der Waals surface area contributed by atoms with Gasteiger partial charge in [0.15, 0.2) is 0 Å². The van der Waals surface area contributed by atoms with E-state index in [1.165, 1.54) is 14.1 Å². The first-order chi connectivity index (χ1) is 8.92. The first kappa shape index (κ1) is 14.0. The van der Waals surface area contributed by atoms with Gasteiger partial charge < -0.3 is 5.32 Å². The molecule has 1 unspecified atom stereocenters. The highest BCUT2D eigenvalue weighted by atomic mass is 32.2. The van der Waals surface area contributed by atoms with Crippen molar-refractivity contribution in [2.24, 2.45) is 0 Å². The molecule has 1 atom stereocenters. The van der Waals surface area contributed by atoms with Gasteiger partial charge in [-0.3, -0.25) is 4.79 Å². The Bertz CT molecular complexity index is 584. The molecule has 104 valence electrons. The summed E-state index contributed by atoms with van der Waals surface area (Å²) in [5.74, 6) is -0.161. The highest BCUT2D eigenvalue weighted by Crippen LogP contribution is 2.23. The van der Waals surface area contributed by atoms with E-state index in [0.717, 1.165) is 9.87 Å². The second kappa shape index (κ2) is 5.28. The van der Waals surface area contributed by atoms with Crippen LogP contribution >= 0.6 is 0 Å². The minimum absolute atomic E-state index is 0.0522.